The molecule has 0 radical (unpaired) electrons. The third kappa shape index (κ3) is 13.8. The molecule has 0 fully saturated rings. The summed E-state index contributed by atoms with van der Waals surface area (Å²) in [5, 5.41) is 46.4. The van der Waals surface area contributed by atoms with Crippen LogP contribution in [0.3, 0.4) is 0 Å². The maximum Gasteiger partial charge on any atom is 0.296 e. The van der Waals surface area contributed by atoms with E-state index in [1.54, 1.807) is 13.8 Å². The van der Waals surface area contributed by atoms with Gasteiger partial charge in [-0.05, 0) is 86.9 Å². The SMILES string of the molecule is COc1cc(S(=O)(=O)O)c2c(c1)nc1c(C#N)c(C)c(N=Nc3cc(C)c(N=Nc4cc(C)c(N=Nc5nc6c(S(=O)(=O)O)cc7c(S(=O)(=O)O)cc(S(=O)(=O)O)cc7c6s5)cc4SCCCS(=O)(=O)O)cc3OCCCS(=O)(=O)O)c(O)n12. The predicted molar refractivity (Wildman–Crippen MR) is 300 cm³/mol. The van der Waals surface area contributed by atoms with Crippen LogP contribution in [-0.4, -0.2) is 128 Å². The van der Waals surface area contributed by atoms with Gasteiger partial charge in [0, 0.05) is 39.4 Å². The fourth-order valence-corrected chi connectivity index (χ4v) is 13.9. The Morgan fingerprint density at radius 1 is 0.643 bits per heavy atom. The number of ether oxygens (including phenoxy) is 2. The molecule has 0 bridgehead atoms. The van der Waals surface area contributed by atoms with Crippen molar-refractivity contribution in [2.24, 2.45) is 30.7 Å². The zero-order chi connectivity index (χ0) is 61.8. The van der Waals surface area contributed by atoms with Crippen LogP contribution in [0, 0.1) is 32.1 Å². The van der Waals surface area contributed by atoms with Gasteiger partial charge in [0.1, 0.15) is 49.0 Å². The first-order valence-electron chi connectivity index (χ1n) is 23.1. The molecule has 0 aliphatic carbocycles. The van der Waals surface area contributed by atoms with Crippen molar-refractivity contribution >= 4 is 155 Å². The van der Waals surface area contributed by atoms with Crippen LogP contribution in [-0.2, 0) is 60.7 Å². The van der Waals surface area contributed by atoms with E-state index in [0.717, 1.165) is 28.3 Å². The number of aromatic hydroxyl groups is 1. The highest BCUT2D eigenvalue weighted by molar-refractivity contribution is 7.99. The number of pyridine rings is 1. The average Bonchev–Trinajstić information content (AvgIpc) is 1.52. The van der Waals surface area contributed by atoms with Crippen LogP contribution in [0.4, 0.5) is 33.6 Å². The lowest BCUT2D eigenvalue weighted by Crippen LogP contribution is -2.08. The first-order valence-corrected chi connectivity index (χ1v) is 33.9. The van der Waals surface area contributed by atoms with Gasteiger partial charge in [0.05, 0.1) is 62.9 Å². The van der Waals surface area contributed by atoms with E-state index in [4.69, 9.17) is 9.47 Å². The number of nitriles is 1. The number of imidazole rings is 1. The second-order valence-electron chi connectivity index (χ2n) is 17.8. The summed E-state index contributed by atoms with van der Waals surface area (Å²) in [6, 6.07) is 11.6. The van der Waals surface area contributed by atoms with Crippen LogP contribution in [0.25, 0.3) is 37.7 Å². The van der Waals surface area contributed by atoms with Crippen molar-refractivity contribution < 1.29 is 92.4 Å². The van der Waals surface area contributed by atoms with Crippen molar-refractivity contribution in [2.75, 3.05) is 31.0 Å². The van der Waals surface area contributed by atoms with E-state index in [9.17, 15) is 88.2 Å². The average molecular weight is 1310 g/mol. The third-order valence-electron chi connectivity index (χ3n) is 12.0. The van der Waals surface area contributed by atoms with E-state index in [-0.39, 0.29) is 113 Å². The summed E-state index contributed by atoms with van der Waals surface area (Å²) in [6.07, 6.45) is -0.315. The predicted octanol–water partition coefficient (Wildman–Crippen LogP) is 9.02. The first kappa shape index (κ1) is 62.7. The van der Waals surface area contributed by atoms with Gasteiger partial charge in [-0.15, -0.1) is 37.3 Å². The smallest absolute Gasteiger partial charge is 0.296 e. The normalized spacial score (nSPS) is 13.2. The van der Waals surface area contributed by atoms with E-state index in [0.29, 0.717) is 34.6 Å². The minimum atomic E-state index is -5.32. The monoisotopic (exact) mass is 1310 g/mol. The van der Waals surface area contributed by atoms with Gasteiger partial charge in [-0.3, -0.25) is 31.7 Å². The van der Waals surface area contributed by atoms with Crippen molar-refractivity contribution in [2.45, 2.75) is 58.1 Å². The Morgan fingerprint density at radius 3 is 1.85 bits per heavy atom. The molecule has 5 aromatic carbocycles. The number of nitrogens with zero attached hydrogens (tertiary/aromatic N) is 10. The number of azo groups is 3. The quantitative estimate of drug-likeness (QED) is 0.0153. The van der Waals surface area contributed by atoms with E-state index >= 15 is 0 Å². The molecule has 0 atom stereocenters. The van der Waals surface area contributed by atoms with Gasteiger partial charge in [-0.25, -0.2) is 9.97 Å². The number of aryl methyl sites for hydroxylation is 2. The Balaban J connectivity index is 1.21. The Bertz CT molecular complexity index is 4970. The molecule has 39 heteroatoms. The highest BCUT2D eigenvalue weighted by atomic mass is 32.2. The molecule has 3 aromatic heterocycles. The molecule has 31 nitrogen and oxygen atoms in total. The van der Waals surface area contributed by atoms with Crippen molar-refractivity contribution in [3.05, 3.63) is 76.9 Å². The minimum absolute atomic E-state index is 0.0205. The summed E-state index contributed by atoms with van der Waals surface area (Å²) in [4.78, 5) is 4.88. The summed E-state index contributed by atoms with van der Waals surface area (Å²) < 4.78 is 216. The summed E-state index contributed by atoms with van der Waals surface area (Å²) in [6.45, 7) is 4.16. The number of thioether (sulfide) groups is 1. The van der Waals surface area contributed by atoms with Gasteiger partial charge in [0.25, 0.3) is 60.7 Å². The molecule has 0 saturated heterocycles. The molecule has 0 unspecified atom stereocenters. The van der Waals surface area contributed by atoms with Crippen LogP contribution < -0.4 is 9.47 Å². The molecular weight excluding hydrogens is 1270 g/mol. The molecule has 7 N–H and O–H groups in total. The van der Waals surface area contributed by atoms with Gasteiger partial charge in [0.2, 0.25) is 11.0 Å². The summed E-state index contributed by atoms with van der Waals surface area (Å²) in [5.41, 5.74) is -0.857. The zero-order valence-corrected chi connectivity index (χ0v) is 49.6. The number of hydrogen-bond acceptors (Lipinski definition) is 26. The number of aromatic nitrogens is 3. The van der Waals surface area contributed by atoms with Crippen molar-refractivity contribution in [3.63, 3.8) is 0 Å². The summed E-state index contributed by atoms with van der Waals surface area (Å²) >= 11 is 1.57. The Hall–Kier alpha value is -7.30. The standard InChI is InChI=1S/C45H40N10O21S8/c1-21-11-31(51-53-39-23(3)28(20-46)43-47-33-13-24(75-4)14-38(84(72,73)74)41(33)55(43)44(39)56)34(76-7-5-9-79(57,58)59)18-29(21)49-52-32-12-22(2)30(19-35(32)77-8-6-10-80(60,61)62)50-54-45-48-40-37(83(69,70)71)17-26-27(42(40)78-45)15-25(81(63,64)65)16-36(26)82(66,67)68/h11-19,56H,5-10H2,1-4H3,(H,57,58,59)(H,60,61,62)(H,63,64,65)(H,66,67,68)(H,69,70,71)(H,72,73,74). The summed E-state index contributed by atoms with van der Waals surface area (Å²) in [5.74, 6) is -2.22. The molecular formula is C45H40N10O21S8. The fraction of sp³-hybridized carbons (Fsp3) is 0.222. The number of fused-ring (bicyclic) bond motifs is 6. The molecule has 8 aromatic rings. The lowest BCUT2D eigenvalue weighted by atomic mass is 10.1. The van der Waals surface area contributed by atoms with E-state index in [1.807, 2.05) is 6.07 Å². The lowest BCUT2D eigenvalue weighted by Gasteiger charge is -2.12. The van der Waals surface area contributed by atoms with Crippen molar-refractivity contribution in [3.8, 4) is 23.4 Å². The zero-order valence-electron chi connectivity index (χ0n) is 43.0. The number of hydrogen-bond donors (Lipinski definition) is 7. The molecule has 3 heterocycles. The third-order valence-corrected chi connectivity index (χ3v) is 19.1. The molecule has 444 valence electrons. The van der Waals surface area contributed by atoms with Crippen molar-refractivity contribution in [1.29, 1.82) is 5.26 Å². The molecule has 0 aliphatic rings. The maximum absolute atomic E-state index is 12.6. The molecule has 84 heavy (non-hydrogen) atoms. The van der Waals surface area contributed by atoms with Gasteiger partial charge in [0.15, 0.2) is 11.3 Å². The molecule has 0 aliphatic heterocycles. The largest absolute Gasteiger partial charge is 0.497 e. The maximum atomic E-state index is 12.6. The molecule has 0 amide bonds. The van der Waals surface area contributed by atoms with Gasteiger partial charge in [-0.1, -0.05) is 11.3 Å². The van der Waals surface area contributed by atoms with Crippen molar-refractivity contribution in [1.82, 2.24) is 14.4 Å². The highest BCUT2D eigenvalue weighted by Crippen LogP contribution is 2.45. The minimum Gasteiger partial charge on any atom is -0.497 e. The van der Waals surface area contributed by atoms with Gasteiger partial charge >= 0.3 is 0 Å². The van der Waals surface area contributed by atoms with Crippen LogP contribution in [0.5, 0.6) is 17.4 Å². The van der Waals surface area contributed by atoms with Crippen LogP contribution in [0.15, 0.2) is 110 Å². The van der Waals surface area contributed by atoms with E-state index in [2.05, 4.69) is 40.7 Å². The fourth-order valence-electron chi connectivity index (χ4n) is 8.13. The number of thiazole rings is 1. The van der Waals surface area contributed by atoms with Crippen LogP contribution in [0.1, 0.15) is 35.1 Å². The highest BCUT2D eigenvalue weighted by Gasteiger charge is 2.29. The molecule has 0 spiro atoms. The van der Waals surface area contributed by atoms with E-state index in [1.165, 1.54) is 44.4 Å². The lowest BCUT2D eigenvalue weighted by molar-refractivity contribution is 0.317. The van der Waals surface area contributed by atoms with Crippen LogP contribution in [0.2, 0.25) is 0 Å². The summed E-state index contributed by atoms with van der Waals surface area (Å²) in [7, 11) is -28.3. The number of benzene rings is 5. The topological polar surface area (TPSA) is 493 Å². The van der Waals surface area contributed by atoms with Gasteiger partial charge in [-0.2, -0.15) is 60.9 Å². The molecule has 0 saturated carbocycles. The Labute approximate surface area is 484 Å². The second kappa shape index (κ2) is 23.3. The first-order chi connectivity index (χ1) is 39.0. The molecule has 8 rings (SSSR count). The second-order valence-corrected chi connectivity index (χ2v) is 28.7. The number of rotatable bonds is 21. The van der Waals surface area contributed by atoms with E-state index < -0.39 is 109 Å². The van der Waals surface area contributed by atoms with Gasteiger partial charge < -0.3 is 14.6 Å². The Kier molecular flexibility index (Phi) is 17.4. The van der Waals surface area contributed by atoms with Crippen LogP contribution >= 0.6 is 23.1 Å². The Morgan fingerprint density at radius 2 is 1.24 bits per heavy atom. The number of methoxy groups -OCH3 is 1.